The van der Waals surface area contributed by atoms with Crippen molar-refractivity contribution in [3.05, 3.63) is 294 Å². The van der Waals surface area contributed by atoms with Gasteiger partial charge in [-0.25, -0.2) is 9.59 Å². The molecule has 0 unspecified atom stereocenters. The van der Waals surface area contributed by atoms with Gasteiger partial charge < -0.3 is 27.1 Å². The van der Waals surface area contributed by atoms with Gasteiger partial charge in [0.25, 0.3) is 0 Å². The smallest absolute Gasteiger partial charge is 0.465 e. The molecule has 7 aromatic carbocycles. The van der Waals surface area contributed by atoms with Crippen LogP contribution in [-0.4, -0.2) is 47.8 Å². The van der Waals surface area contributed by atoms with Gasteiger partial charge in [0.15, 0.2) is 11.4 Å². The molecule has 0 saturated carbocycles. The van der Waals surface area contributed by atoms with E-state index in [4.69, 9.17) is 9.47 Å². The van der Waals surface area contributed by atoms with Crippen molar-refractivity contribution in [1.29, 1.82) is 0 Å². The number of halogens is 2. The lowest BCUT2D eigenvalue weighted by Gasteiger charge is -2.42. The first-order chi connectivity index (χ1) is 35.3. The first-order valence-corrected chi connectivity index (χ1v) is 24.4. The van der Waals surface area contributed by atoms with Crippen LogP contribution in [-0.2, 0) is 9.47 Å². The molecule has 0 N–H and O–H groups in total. The Hall–Kier alpha value is -8.69. The zero-order valence-corrected chi connectivity index (χ0v) is 39.2. The highest BCUT2D eigenvalue weighted by Crippen LogP contribution is 2.65. The summed E-state index contributed by atoms with van der Waals surface area (Å²) in [7, 11) is 2.70. The molecule has 6 nitrogen and oxygen atoms in total. The fraction of sp³-hybridized carbons (Fsp3) is 0.0952. The summed E-state index contributed by atoms with van der Waals surface area (Å²) in [6, 6.07) is 58.1. The average Bonchev–Trinajstić information content (AvgIpc) is 3.99. The molecule has 8 aliphatic rings. The molecular formula is C63H43BF2N2O4. The highest BCUT2D eigenvalue weighted by atomic mass is 19.2. The molecule has 1 aromatic heterocycles. The van der Waals surface area contributed by atoms with Crippen LogP contribution >= 0.6 is 0 Å². The van der Waals surface area contributed by atoms with Crippen LogP contribution in [0, 0.1) is 0 Å². The number of carbonyl (C=O) groups excluding carboxylic acids is 2. The van der Waals surface area contributed by atoms with E-state index in [0.29, 0.717) is 33.9 Å². The first-order valence-electron chi connectivity index (χ1n) is 24.4. The summed E-state index contributed by atoms with van der Waals surface area (Å²) in [5.41, 5.74) is 18.4. The van der Waals surface area contributed by atoms with Gasteiger partial charge in [0.1, 0.15) is 0 Å². The maximum Gasteiger partial charge on any atom is 0.737 e. The quantitative estimate of drug-likeness (QED) is 0.118. The van der Waals surface area contributed by atoms with Gasteiger partial charge in [0.2, 0.25) is 0 Å². The average molecular weight is 941 g/mol. The summed E-state index contributed by atoms with van der Waals surface area (Å²) in [6.45, 7) is -4.70. The Morgan fingerprint density at radius 2 is 0.889 bits per heavy atom. The fourth-order valence-corrected chi connectivity index (χ4v) is 13.2. The second-order valence-electron chi connectivity index (χ2n) is 19.3. The van der Waals surface area contributed by atoms with Gasteiger partial charge in [0, 0.05) is 52.3 Å². The van der Waals surface area contributed by atoms with Crippen molar-refractivity contribution in [3.63, 3.8) is 0 Å². The van der Waals surface area contributed by atoms with Gasteiger partial charge in [-0.3, -0.25) is 0 Å². The fourth-order valence-electron chi connectivity index (χ4n) is 13.2. The number of nitrogens with zero attached hydrogens (tertiary/aromatic N) is 2. The van der Waals surface area contributed by atoms with E-state index in [9.17, 15) is 9.59 Å². The van der Waals surface area contributed by atoms with Crippen LogP contribution in [0.1, 0.15) is 128 Å². The Morgan fingerprint density at radius 3 is 1.35 bits per heavy atom. The molecule has 0 spiro atoms. The first kappa shape index (κ1) is 42.2. The number of benzene rings is 7. The van der Waals surface area contributed by atoms with Crippen molar-refractivity contribution in [2.24, 2.45) is 0 Å². The van der Waals surface area contributed by atoms with Gasteiger partial charge in [-0.15, -0.1) is 0 Å². The number of methoxy groups -OCH3 is 2. The molecule has 0 saturated heterocycles. The molecule has 346 valence electrons. The lowest BCUT2D eigenvalue weighted by Crippen LogP contribution is -2.52. The number of ether oxygens (including phenoxy) is 2. The largest absolute Gasteiger partial charge is 0.737 e. The zero-order valence-electron chi connectivity index (χ0n) is 39.2. The van der Waals surface area contributed by atoms with Crippen molar-refractivity contribution < 1.29 is 32.2 Å². The SMILES string of the molecule is COC(=O)c1ccc(/C=C/C2=[N+]3C(=C(c4ccccc4)c4c5c(c(/C=C/c6ccc(C(=O)OC)cc6)n4[B-]3(F)F)C3c4ccccc4C5c4ccccc43)C3=C2C2c4ccccc4C3c3ccccc32)cc1. The van der Waals surface area contributed by atoms with E-state index < -0.39 is 18.9 Å². The molecule has 0 amide bonds. The number of hydrogen-bond donors (Lipinski definition) is 0. The van der Waals surface area contributed by atoms with Crippen LogP contribution < -0.4 is 0 Å². The Kier molecular flexibility index (Phi) is 9.18. The number of carbonyl (C=O) groups is 2. The van der Waals surface area contributed by atoms with Crippen LogP contribution in [0.4, 0.5) is 8.63 Å². The van der Waals surface area contributed by atoms with Gasteiger partial charge >= 0.3 is 18.9 Å². The Labute approximate surface area is 414 Å². The van der Waals surface area contributed by atoms with E-state index in [-0.39, 0.29) is 23.7 Å². The summed E-state index contributed by atoms with van der Waals surface area (Å²) >= 11 is 0. The van der Waals surface area contributed by atoms with E-state index in [2.05, 4.69) is 109 Å². The van der Waals surface area contributed by atoms with Crippen LogP contribution in [0.3, 0.4) is 0 Å². The van der Waals surface area contributed by atoms with Gasteiger partial charge in [-0.1, -0.05) is 158 Å². The molecule has 72 heavy (non-hydrogen) atoms. The van der Waals surface area contributed by atoms with Crippen molar-refractivity contribution in [2.45, 2.75) is 23.7 Å². The molecule has 0 fully saturated rings. The normalized spacial score (nSPS) is 19.9. The monoisotopic (exact) mass is 940 g/mol. The molecule has 8 aromatic rings. The summed E-state index contributed by atoms with van der Waals surface area (Å²) in [5, 5.41) is 0. The summed E-state index contributed by atoms with van der Waals surface area (Å²) in [4.78, 5) is 25.0. The molecule has 2 aliphatic heterocycles. The Bertz CT molecular complexity index is 3770. The predicted molar refractivity (Wildman–Crippen MR) is 277 cm³/mol. The minimum atomic E-state index is -4.70. The van der Waals surface area contributed by atoms with Gasteiger partial charge in [-0.05, 0) is 109 Å². The maximum absolute atomic E-state index is 19.9. The lowest BCUT2D eigenvalue weighted by molar-refractivity contribution is -0.362. The third-order valence-electron chi connectivity index (χ3n) is 16.0. The van der Waals surface area contributed by atoms with E-state index >= 15 is 8.63 Å². The number of esters is 2. The molecule has 0 radical (unpaired) electrons. The second kappa shape index (κ2) is 15.7. The minimum Gasteiger partial charge on any atom is -0.465 e. The highest BCUT2D eigenvalue weighted by Gasteiger charge is 2.63. The minimum absolute atomic E-state index is 0.323. The Balaban J connectivity index is 1.12. The van der Waals surface area contributed by atoms with Crippen LogP contribution in [0.2, 0.25) is 0 Å². The highest BCUT2D eigenvalue weighted by molar-refractivity contribution is 6.59. The molecular weight excluding hydrogens is 898 g/mol. The molecule has 4 bridgehead atoms. The van der Waals surface area contributed by atoms with Gasteiger partial charge in [0.05, 0.1) is 30.9 Å². The van der Waals surface area contributed by atoms with Crippen molar-refractivity contribution in [2.75, 3.05) is 14.2 Å². The zero-order chi connectivity index (χ0) is 48.6. The number of aromatic nitrogens is 1. The van der Waals surface area contributed by atoms with Crippen LogP contribution in [0.25, 0.3) is 23.8 Å². The van der Waals surface area contributed by atoms with Crippen LogP contribution in [0.15, 0.2) is 199 Å². The van der Waals surface area contributed by atoms with Gasteiger partial charge in [-0.2, -0.15) is 0 Å². The summed E-state index contributed by atoms with van der Waals surface area (Å²) in [5.74, 6) is -2.20. The summed E-state index contributed by atoms with van der Waals surface area (Å²) < 4.78 is 52.5. The van der Waals surface area contributed by atoms with E-state index in [0.717, 1.165) is 89.0 Å². The van der Waals surface area contributed by atoms with Crippen LogP contribution in [0.5, 0.6) is 0 Å². The standard InChI is InChI=1S/C63H43BF2N2O4/c1-71-62(69)39-30-24-36(25-31-39)28-34-49-56-52-41-16-6-10-20-45(41)54(46-21-11-7-17-42(46)52)58(56)60-51(38-14-4-3-5-15-38)61-59-55-47-22-12-8-18-43(47)53(44-19-9-13-23-48(44)55)57(59)50(68(61)64(65,66)67(49)60)35-29-37-26-32-40(33-27-37)63(70)72-2/h3-35,52-55H,1-2H3/b34-28+,35-29+. The maximum atomic E-state index is 19.9. The molecule has 16 rings (SSSR count). The predicted octanol–water partition coefficient (Wildman–Crippen LogP) is 13.0. The topological polar surface area (TPSA) is 60.5 Å². The third kappa shape index (κ3) is 5.73. The lowest BCUT2D eigenvalue weighted by atomic mass is 9.59. The number of fused-ring (bicyclic) bond motifs is 2. The van der Waals surface area contributed by atoms with Crippen molar-refractivity contribution in [1.82, 2.24) is 4.48 Å². The van der Waals surface area contributed by atoms with E-state index in [1.54, 1.807) is 24.3 Å². The Morgan fingerprint density at radius 1 is 0.486 bits per heavy atom. The summed E-state index contributed by atoms with van der Waals surface area (Å²) in [6.07, 6.45) is 7.53. The van der Waals surface area contributed by atoms with Crippen molar-refractivity contribution in [3.8, 4) is 0 Å². The number of rotatable bonds is 7. The third-order valence-corrected chi connectivity index (χ3v) is 16.0. The number of hydrogen-bond acceptors (Lipinski definition) is 4. The second-order valence-corrected chi connectivity index (χ2v) is 19.3. The molecule has 0 atom stereocenters. The number of allylic oxidation sites excluding steroid dienone is 3. The van der Waals surface area contributed by atoms with E-state index in [1.165, 1.54) is 23.2 Å². The molecule has 3 heterocycles. The molecule has 6 aliphatic carbocycles. The molecule has 9 heteroatoms. The van der Waals surface area contributed by atoms with Crippen molar-refractivity contribution >= 4 is 48.4 Å². The van der Waals surface area contributed by atoms with E-state index in [1.807, 2.05) is 66.8 Å².